The molecule has 0 amide bonds. The lowest BCUT2D eigenvalue weighted by molar-refractivity contribution is 0.357. The van der Waals surface area contributed by atoms with Crippen LogP contribution in [0.4, 0.5) is 0 Å². The summed E-state index contributed by atoms with van der Waals surface area (Å²) in [5.41, 5.74) is 3.57. The van der Waals surface area contributed by atoms with Crippen molar-refractivity contribution in [3.8, 4) is 11.1 Å². The van der Waals surface area contributed by atoms with E-state index >= 15 is 0 Å². The van der Waals surface area contributed by atoms with Gasteiger partial charge < -0.3 is 0 Å². The summed E-state index contributed by atoms with van der Waals surface area (Å²) < 4.78 is 0. The van der Waals surface area contributed by atoms with Crippen molar-refractivity contribution in [2.45, 2.75) is 38.5 Å². The summed E-state index contributed by atoms with van der Waals surface area (Å²) in [6.45, 7) is 0. The largest absolute Gasteiger partial charge is 0.264 e. The predicted molar refractivity (Wildman–Crippen MR) is 85.0 cm³/mol. The topological polar surface area (TPSA) is 12.9 Å². The average Bonchev–Trinajstić information content (AvgIpc) is 2.51. The molecular formula is C18H20ClN. The molecule has 1 nitrogen and oxygen atoms in total. The first-order chi connectivity index (χ1) is 9.83. The Morgan fingerprint density at radius 1 is 1.05 bits per heavy atom. The smallest absolute Gasteiger partial charge is 0.0444 e. The second-order valence-electron chi connectivity index (χ2n) is 5.76. The van der Waals surface area contributed by atoms with Gasteiger partial charge in [-0.25, -0.2) is 0 Å². The SMILES string of the molecule is Clc1cc(-c2cccnc2)ccc1CC1CCCCC1. The number of hydrogen-bond acceptors (Lipinski definition) is 1. The van der Waals surface area contributed by atoms with E-state index in [-0.39, 0.29) is 0 Å². The van der Waals surface area contributed by atoms with Gasteiger partial charge in [0.1, 0.15) is 0 Å². The van der Waals surface area contributed by atoms with E-state index in [0.717, 1.165) is 28.5 Å². The number of pyridine rings is 1. The molecule has 2 heteroatoms. The minimum absolute atomic E-state index is 0.825. The van der Waals surface area contributed by atoms with Gasteiger partial charge in [-0.05, 0) is 35.6 Å². The van der Waals surface area contributed by atoms with Gasteiger partial charge in [-0.1, -0.05) is 61.9 Å². The third-order valence-electron chi connectivity index (χ3n) is 4.28. The number of benzene rings is 1. The fourth-order valence-corrected chi connectivity index (χ4v) is 3.39. The van der Waals surface area contributed by atoms with Crippen molar-refractivity contribution < 1.29 is 0 Å². The van der Waals surface area contributed by atoms with Crippen LogP contribution in [-0.2, 0) is 6.42 Å². The molecule has 2 aromatic rings. The van der Waals surface area contributed by atoms with Crippen LogP contribution in [0.5, 0.6) is 0 Å². The molecule has 0 N–H and O–H groups in total. The molecule has 1 heterocycles. The van der Waals surface area contributed by atoms with Crippen molar-refractivity contribution in [3.63, 3.8) is 0 Å². The Kier molecular flexibility index (Phi) is 4.37. The highest BCUT2D eigenvalue weighted by atomic mass is 35.5. The first-order valence-corrected chi connectivity index (χ1v) is 7.89. The standard InChI is InChI=1S/C18H20ClN/c19-18-12-15(17-7-4-10-20-13-17)8-9-16(18)11-14-5-2-1-3-6-14/h4,7-10,12-14H,1-3,5-6,11H2. The summed E-state index contributed by atoms with van der Waals surface area (Å²) in [7, 11) is 0. The van der Waals surface area contributed by atoms with Crippen molar-refractivity contribution in [3.05, 3.63) is 53.3 Å². The highest BCUT2D eigenvalue weighted by molar-refractivity contribution is 6.31. The molecule has 0 atom stereocenters. The van der Waals surface area contributed by atoms with Crippen LogP contribution in [-0.4, -0.2) is 4.98 Å². The molecule has 1 fully saturated rings. The molecule has 104 valence electrons. The van der Waals surface area contributed by atoms with Gasteiger partial charge in [-0.3, -0.25) is 4.98 Å². The third kappa shape index (κ3) is 3.21. The van der Waals surface area contributed by atoms with Gasteiger partial charge in [0.2, 0.25) is 0 Å². The molecule has 20 heavy (non-hydrogen) atoms. The van der Waals surface area contributed by atoms with Gasteiger partial charge in [0, 0.05) is 23.0 Å². The summed E-state index contributed by atoms with van der Waals surface area (Å²) in [5.74, 6) is 0.825. The molecule has 3 rings (SSSR count). The van der Waals surface area contributed by atoms with Crippen LogP contribution < -0.4 is 0 Å². The van der Waals surface area contributed by atoms with Crippen molar-refractivity contribution in [1.29, 1.82) is 0 Å². The minimum atomic E-state index is 0.825. The summed E-state index contributed by atoms with van der Waals surface area (Å²) >= 11 is 6.48. The maximum Gasteiger partial charge on any atom is 0.0444 e. The molecule has 0 bridgehead atoms. The molecule has 0 unspecified atom stereocenters. The molecule has 1 aromatic carbocycles. The quantitative estimate of drug-likeness (QED) is 0.723. The van der Waals surface area contributed by atoms with Crippen LogP contribution in [0.3, 0.4) is 0 Å². The van der Waals surface area contributed by atoms with E-state index in [1.807, 2.05) is 12.3 Å². The van der Waals surface area contributed by atoms with E-state index in [2.05, 4.69) is 29.2 Å². The van der Waals surface area contributed by atoms with Crippen molar-refractivity contribution in [1.82, 2.24) is 4.98 Å². The van der Waals surface area contributed by atoms with E-state index in [1.54, 1.807) is 6.20 Å². The van der Waals surface area contributed by atoms with Gasteiger partial charge in [0.25, 0.3) is 0 Å². The summed E-state index contributed by atoms with van der Waals surface area (Å²) in [6.07, 6.45) is 11.7. The van der Waals surface area contributed by atoms with Crippen LogP contribution in [0, 0.1) is 5.92 Å². The molecule has 0 spiro atoms. The highest BCUT2D eigenvalue weighted by Crippen LogP contribution is 2.31. The summed E-state index contributed by atoms with van der Waals surface area (Å²) in [5, 5.41) is 0.900. The molecule has 0 radical (unpaired) electrons. The number of aromatic nitrogens is 1. The number of hydrogen-bond donors (Lipinski definition) is 0. The van der Waals surface area contributed by atoms with Crippen LogP contribution in [0.2, 0.25) is 5.02 Å². The van der Waals surface area contributed by atoms with Crippen LogP contribution in [0.1, 0.15) is 37.7 Å². The molecule has 1 aliphatic rings. The molecule has 0 saturated heterocycles. The van der Waals surface area contributed by atoms with E-state index in [1.165, 1.54) is 37.7 Å². The van der Waals surface area contributed by atoms with Crippen LogP contribution in [0.25, 0.3) is 11.1 Å². The predicted octanol–water partition coefficient (Wildman–Crippen LogP) is 5.52. The first kappa shape index (κ1) is 13.6. The van der Waals surface area contributed by atoms with Gasteiger partial charge in [0.05, 0.1) is 0 Å². The fourth-order valence-electron chi connectivity index (χ4n) is 3.13. The van der Waals surface area contributed by atoms with E-state index in [4.69, 9.17) is 11.6 Å². The summed E-state index contributed by atoms with van der Waals surface area (Å²) in [4.78, 5) is 4.16. The lowest BCUT2D eigenvalue weighted by Gasteiger charge is -2.22. The van der Waals surface area contributed by atoms with Crippen LogP contribution >= 0.6 is 11.6 Å². The Bertz CT molecular complexity index is 559. The minimum Gasteiger partial charge on any atom is -0.264 e. The normalized spacial score (nSPS) is 16.2. The van der Waals surface area contributed by atoms with Gasteiger partial charge in [-0.2, -0.15) is 0 Å². The van der Waals surface area contributed by atoms with Crippen LogP contribution in [0.15, 0.2) is 42.7 Å². The van der Waals surface area contributed by atoms with E-state index in [9.17, 15) is 0 Å². The molecule has 1 saturated carbocycles. The van der Waals surface area contributed by atoms with Gasteiger partial charge in [-0.15, -0.1) is 0 Å². The Morgan fingerprint density at radius 3 is 2.60 bits per heavy atom. The molecular weight excluding hydrogens is 266 g/mol. The molecule has 1 aliphatic carbocycles. The lowest BCUT2D eigenvalue weighted by atomic mass is 9.84. The fraction of sp³-hybridized carbons (Fsp3) is 0.389. The van der Waals surface area contributed by atoms with Gasteiger partial charge >= 0.3 is 0 Å². The van der Waals surface area contributed by atoms with Gasteiger partial charge in [0.15, 0.2) is 0 Å². The second kappa shape index (κ2) is 6.41. The van der Waals surface area contributed by atoms with Crippen molar-refractivity contribution in [2.24, 2.45) is 5.92 Å². The Balaban J connectivity index is 1.77. The Morgan fingerprint density at radius 2 is 1.90 bits per heavy atom. The lowest BCUT2D eigenvalue weighted by Crippen LogP contribution is -2.09. The first-order valence-electron chi connectivity index (χ1n) is 7.52. The Labute approximate surface area is 126 Å². The van der Waals surface area contributed by atoms with E-state index in [0.29, 0.717) is 0 Å². The average molecular weight is 286 g/mol. The number of nitrogens with zero attached hydrogens (tertiary/aromatic N) is 1. The maximum atomic E-state index is 6.48. The van der Waals surface area contributed by atoms with E-state index < -0.39 is 0 Å². The van der Waals surface area contributed by atoms with Crippen molar-refractivity contribution >= 4 is 11.6 Å². The van der Waals surface area contributed by atoms with Crippen molar-refractivity contribution in [2.75, 3.05) is 0 Å². The number of halogens is 1. The molecule has 1 aromatic heterocycles. The zero-order valence-corrected chi connectivity index (χ0v) is 12.4. The summed E-state index contributed by atoms with van der Waals surface area (Å²) in [6, 6.07) is 10.5. The third-order valence-corrected chi connectivity index (χ3v) is 4.63. The highest BCUT2D eigenvalue weighted by Gasteiger charge is 2.15. The number of rotatable bonds is 3. The zero-order chi connectivity index (χ0) is 13.8. The monoisotopic (exact) mass is 285 g/mol. The Hall–Kier alpha value is -1.34. The molecule has 0 aliphatic heterocycles. The second-order valence-corrected chi connectivity index (χ2v) is 6.16. The zero-order valence-electron chi connectivity index (χ0n) is 11.7. The maximum absolute atomic E-state index is 6.48.